The fraction of sp³-hybridized carbons (Fsp3) is 0.250. The Balaban J connectivity index is 1.64. The topological polar surface area (TPSA) is 71.8 Å². The molecule has 1 saturated carbocycles. The predicted octanol–water partition coefficient (Wildman–Crippen LogP) is 2.94. The third-order valence-electron chi connectivity index (χ3n) is 4.46. The van der Waals surface area contributed by atoms with Crippen LogP contribution in [0.2, 0.25) is 0 Å². The molecule has 0 saturated heterocycles. The maximum Gasteiger partial charge on any atom is 0.155 e. The van der Waals surface area contributed by atoms with Gasteiger partial charge in [-0.25, -0.2) is 19.5 Å². The van der Waals surface area contributed by atoms with Gasteiger partial charge in [-0.05, 0) is 18.9 Å². The minimum Gasteiger partial charge on any atom is -0.345 e. The van der Waals surface area contributed by atoms with Gasteiger partial charge in [0.15, 0.2) is 5.65 Å². The van der Waals surface area contributed by atoms with E-state index in [1.807, 2.05) is 30.7 Å². The zero-order valence-corrected chi connectivity index (χ0v) is 11.9. The maximum atomic E-state index is 4.68. The van der Waals surface area contributed by atoms with Crippen molar-refractivity contribution in [1.82, 2.24) is 29.5 Å². The van der Waals surface area contributed by atoms with Crippen LogP contribution in [0.15, 0.2) is 36.9 Å². The van der Waals surface area contributed by atoms with Gasteiger partial charge in [0.1, 0.15) is 11.5 Å². The molecule has 1 aliphatic carbocycles. The number of rotatable bonds is 2. The second-order valence-corrected chi connectivity index (χ2v) is 5.77. The maximum absolute atomic E-state index is 4.68. The average molecular weight is 290 g/mol. The third kappa shape index (κ3) is 1.67. The summed E-state index contributed by atoms with van der Waals surface area (Å²) in [4.78, 5) is 17.1. The Kier molecular flexibility index (Phi) is 2.35. The van der Waals surface area contributed by atoms with Gasteiger partial charge in [0.05, 0.1) is 11.9 Å². The van der Waals surface area contributed by atoms with E-state index >= 15 is 0 Å². The molecular weight excluding hydrogens is 276 g/mol. The van der Waals surface area contributed by atoms with Crippen LogP contribution >= 0.6 is 0 Å². The summed E-state index contributed by atoms with van der Waals surface area (Å²) in [5.41, 5.74) is 3.65. The van der Waals surface area contributed by atoms with Crippen LogP contribution in [0.5, 0.6) is 0 Å². The Morgan fingerprint density at radius 2 is 2.14 bits per heavy atom. The van der Waals surface area contributed by atoms with Crippen molar-refractivity contribution in [1.29, 1.82) is 0 Å². The van der Waals surface area contributed by atoms with Crippen molar-refractivity contribution >= 4 is 16.7 Å². The third-order valence-corrected chi connectivity index (χ3v) is 4.46. The molecule has 0 radical (unpaired) electrons. The second kappa shape index (κ2) is 4.37. The second-order valence-electron chi connectivity index (χ2n) is 5.77. The number of aromatic nitrogens is 6. The van der Waals surface area contributed by atoms with Crippen LogP contribution in [0.1, 0.15) is 31.0 Å². The molecule has 1 aliphatic rings. The summed E-state index contributed by atoms with van der Waals surface area (Å²) in [6.07, 6.45) is 11.2. The van der Waals surface area contributed by atoms with Crippen molar-refractivity contribution in [3.05, 3.63) is 42.7 Å². The summed E-state index contributed by atoms with van der Waals surface area (Å²) in [5.74, 6) is 1.50. The highest BCUT2D eigenvalue weighted by molar-refractivity contribution is 5.92. The van der Waals surface area contributed by atoms with E-state index in [1.165, 1.54) is 19.3 Å². The molecule has 4 aromatic heterocycles. The lowest BCUT2D eigenvalue weighted by atomic mass is 9.85. The van der Waals surface area contributed by atoms with Crippen LogP contribution in [0, 0.1) is 0 Å². The summed E-state index contributed by atoms with van der Waals surface area (Å²) in [7, 11) is 0. The highest BCUT2D eigenvalue weighted by atomic mass is 15.2. The van der Waals surface area contributed by atoms with E-state index in [0.29, 0.717) is 5.92 Å². The summed E-state index contributed by atoms with van der Waals surface area (Å²) in [6, 6.07) is 3.85. The highest BCUT2D eigenvalue weighted by Gasteiger charge is 2.23. The molecule has 0 aliphatic heterocycles. The van der Waals surface area contributed by atoms with Crippen molar-refractivity contribution < 1.29 is 0 Å². The minimum absolute atomic E-state index is 0.539. The summed E-state index contributed by atoms with van der Waals surface area (Å²) in [5, 5.41) is 5.19. The number of nitrogens with zero attached hydrogens (tertiary/aromatic N) is 5. The van der Waals surface area contributed by atoms with E-state index in [4.69, 9.17) is 0 Å². The number of H-pyrrole nitrogens is 1. The largest absolute Gasteiger partial charge is 0.345 e. The number of fused-ring (bicyclic) bond motifs is 2. The van der Waals surface area contributed by atoms with E-state index in [1.54, 1.807) is 10.7 Å². The van der Waals surface area contributed by atoms with Crippen molar-refractivity contribution in [3.63, 3.8) is 0 Å². The fourth-order valence-electron chi connectivity index (χ4n) is 2.96. The van der Waals surface area contributed by atoms with Gasteiger partial charge in [0, 0.05) is 41.5 Å². The van der Waals surface area contributed by atoms with E-state index in [0.717, 1.165) is 33.8 Å². The van der Waals surface area contributed by atoms with Crippen LogP contribution in [-0.2, 0) is 0 Å². The molecule has 0 atom stereocenters. The summed E-state index contributed by atoms with van der Waals surface area (Å²) in [6.45, 7) is 0. The first-order valence-corrected chi connectivity index (χ1v) is 7.53. The molecule has 108 valence electrons. The van der Waals surface area contributed by atoms with E-state index in [-0.39, 0.29) is 0 Å². The van der Waals surface area contributed by atoms with Gasteiger partial charge in [0.2, 0.25) is 0 Å². The van der Waals surface area contributed by atoms with Gasteiger partial charge in [-0.15, -0.1) is 0 Å². The Morgan fingerprint density at radius 3 is 3.00 bits per heavy atom. The molecule has 4 heterocycles. The molecule has 0 unspecified atom stereocenters. The van der Waals surface area contributed by atoms with Gasteiger partial charge in [-0.1, -0.05) is 6.42 Å². The van der Waals surface area contributed by atoms with Gasteiger partial charge in [-0.2, -0.15) is 5.10 Å². The highest BCUT2D eigenvalue weighted by Crippen LogP contribution is 2.35. The molecule has 4 aromatic rings. The Bertz CT molecular complexity index is 979. The molecular formula is C16H14N6. The smallest absolute Gasteiger partial charge is 0.155 e. The van der Waals surface area contributed by atoms with Gasteiger partial charge in [0.25, 0.3) is 0 Å². The molecule has 6 nitrogen and oxygen atoms in total. The zero-order valence-electron chi connectivity index (χ0n) is 11.9. The normalized spacial score (nSPS) is 15.5. The van der Waals surface area contributed by atoms with Gasteiger partial charge >= 0.3 is 0 Å². The van der Waals surface area contributed by atoms with Gasteiger partial charge in [-0.3, -0.25) is 0 Å². The predicted molar refractivity (Wildman–Crippen MR) is 82.5 cm³/mol. The first-order chi connectivity index (χ1) is 10.9. The molecule has 0 amide bonds. The molecule has 22 heavy (non-hydrogen) atoms. The van der Waals surface area contributed by atoms with E-state index in [2.05, 4.69) is 25.0 Å². The van der Waals surface area contributed by atoms with E-state index < -0.39 is 0 Å². The molecule has 6 heteroatoms. The lowest BCUT2D eigenvalue weighted by Crippen LogP contribution is -2.12. The molecule has 1 fully saturated rings. The van der Waals surface area contributed by atoms with Crippen LogP contribution in [0.4, 0.5) is 0 Å². The molecule has 1 N–H and O–H groups in total. The molecule has 0 spiro atoms. The van der Waals surface area contributed by atoms with Crippen molar-refractivity contribution in [2.75, 3.05) is 0 Å². The monoisotopic (exact) mass is 290 g/mol. The number of hydrogen-bond acceptors (Lipinski definition) is 4. The van der Waals surface area contributed by atoms with Gasteiger partial charge < -0.3 is 4.98 Å². The fourth-order valence-corrected chi connectivity index (χ4v) is 2.96. The molecule has 0 aromatic carbocycles. The Hall–Kier alpha value is -2.76. The van der Waals surface area contributed by atoms with Crippen LogP contribution in [0.25, 0.3) is 27.9 Å². The van der Waals surface area contributed by atoms with Crippen LogP contribution < -0.4 is 0 Å². The summed E-state index contributed by atoms with van der Waals surface area (Å²) >= 11 is 0. The van der Waals surface area contributed by atoms with Crippen LogP contribution in [0.3, 0.4) is 0 Å². The average Bonchev–Trinajstić information content (AvgIpc) is 3.10. The minimum atomic E-state index is 0.539. The lowest BCUT2D eigenvalue weighted by molar-refractivity contribution is 0.402. The number of aromatic amines is 1. The molecule has 5 rings (SSSR count). The Morgan fingerprint density at radius 1 is 1.18 bits per heavy atom. The van der Waals surface area contributed by atoms with E-state index in [9.17, 15) is 0 Å². The van der Waals surface area contributed by atoms with Crippen molar-refractivity contribution in [2.24, 2.45) is 0 Å². The van der Waals surface area contributed by atoms with Crippen molar-refractivity contribution in [2.45, 2.75) is 25.2 Å². The zero-order chi connectivity index (χ0) is 14.5. The SMILES string of the molecule is c1cc2nc(-c3c[nH]c4nc(C5CCC5)ncc34)ccn2n1. The van der Waals surface area contributed by atoms with Crippen molar-refractivity contribution in [3.8, 4) is 11.3 Å². The lowest BCUT2D eigenvalue weighted by Gasteiger charge is -2.23. The number of hydrogen-bond donors (Lipinski definition) is 1. The first kappa shape index (κ1) is 11.9. The standard InChI is InChI=1S/C16H14N6/c1-2-10(3-1)15-17-9-12-11(8-18-16(12)21-15)13-5-7-22-14(20-13)4-6-19-22/h4-10H,1-3H2,(H,17,18,21). The first-order valence-electron chi connectivity index (χ1n) is 7.53. The molecule has 0 bridgehead atoms. The number of nitrogens with one attached hydrogen (secondary N) is 1. The van der Waals surface area contributed by atoms with Crippen LogP contribution in [-0.4, -0.2) is 29.5 Å². The Labute approximate surface area is 126 Å². The summed E-state index contributed by atoms with van der Waals surface area (Å²) < 4.78 is 1.75. The quantitative estimate of drug-likeness (QED) is 0.616.